The number of aliphatic hydroxyl groups is 1. The van der Waals surface area contributed by atoms with Crippen molar-refractivity contribution in [1.29, 1.82) is 0 Å². The standard InChI is InChI=1S/C10H9FO/c1-3-9(12)8-6-4-5-7(2)10(8)11/h1,4-6,9,12H,2H3. The summed E-state index contributed by atoms with van der Waals surface area (Å²) in [5.74, 6) is 1.64. The molecule has 0 saturated heterocycles. The summed E-state index contributed by atoms with van der Waals surface area (Å²) in [6, 6.07) is 4.77. The summed E-state index contributed by atoms with van der Waals surface area (Å²) >= 11 is 0. The van der Waals surface area contributed by atoms with E-state index in [4.69, 9.17) is 11.5 Å². The summed E-state index contributed by atoms with van der Waals surface area (Å²) in [5, 5.41) is 9.16. The quantitative estimate of drug-likeness (QED) is 0.627. The van der Waals surface area contributed by atoms with E-state index >= 15 is 0 Å². The number of rotatable bonds is 1. The molecule has 0 aliphatic carbocycles. The molecule has 0 radical (unpaired) electrons. The minimum atomic E-state index is -1.15. The molecule has 2 heteroatoms. The highest BCUT2D eigenvalue weighted by atomic mass is 19.1. The van der Waals surface area contributed by atoms with Crippen molar-refractivity contribution in [2.24, 2.45) is 0 Å². The van der Waals surface area contributed by atoms with Crippen molar-refractivity contribution in [2.45, 2.75) is 13.0 Å². The second kappa shape index (κ2) is 3.38. The van der Waals surface area contributed by atoms with Gasteiger partial charge in [-0.1, -0.05) is 24.1 Å². The Labute approximate surface area is 70.9 Å². The Bertz CT molecular complexity index is 325. The van der Waals surface area contributed by atoms with Crippen LogP contribution in [0.2, 0.25) is 0 Å². The minimum Gasteiger partial charge on any atom is -0.376 e. The molecule has 0 bridgehead atoms. The Morgan fingerprint density at radius 3 is 2.83 bits per heavy atom. The Kier molecular flexibility index (Phi) is 2.47. The molecule has 0 aromatic heterocycles. The summed E-state index contributed by atoms with van der Waals surface area (Å²) < 4.78 is 13.2. The molecular weight excluding hydrogens is 155 g/mol. The predicted molar refractivity (Wildman–Crippen MR) is 44.9 cm³/mol. The number of halogens is 1. The van der Waals surface area contributed by atoms with Crippen LogP contribution in [0, 0.1) is 25.1 Å². The van der Waals surface area contributed by atoms with Crippen molar-refractivity contribution < 1.29 is 9.50 Å². The van der Waals surface area contributed by atoms with Crippen LogP contribution >= 0.6 is 0 Å². The van der Waals surface area contributed by atoms with Crippen molar-refractivity contribution >= 4 is 0 Å². The Morgan fingerprint density at radius 2 is 2.25 bits per heavy atom. The molecule has 0 aliphatic heterocycles. The SMILES string of the molecule is C#CC(O)c1cccc(C)c1F. The van der Waals surface area contributed by atoms with Crippen LogP contribution in [0.15, 0.2) is 18.2 Å². The highest BCUT2D eigenvalue weighted by molar-refractivity contribution is 5.30. The Hall–Kier alpha value is -1.33. The molecule has 1 N–H and O–H groups in total. The van der Waals surface area contributed by atoms with Crippen LogP contribution < -0.4 is 0 Å². The topological polar surface area (TPSA) is 20.2 Å². The molecule has 0 amide bonds. The van der Waals surface area contributed by atoms with Gasteiger partial charge in [-0.2, -0.15) is 0 Å². The fraction of sp³-hybridized carbons (Fsp3) is 0.200. The van der Waals surface area contributed by atoms with Gasteiger partial charge in [-0.15, -0.1) is 6.42 Å². The molecule has 1 aromatic carbocycles. The third kappa shape index (κ3) is 1.46. The fourth-order valence-corrected chi connectivity index (χ4v) is 0.971. The maximum atomic E-state index is 13.2. The van der Waals surface area contributed by atoms with E-state index in [1.165, 1.54) is 6.07 Å². The van der Waals surface area contributed by atoms with Crippen molar-refractivity contribution in [3.05, 3.63) is 35.1 Å². The summed E-state index contributed by atoms with van der Waals surface area (Å²) in [6.07, 6.45) is 3.81. The molecule has 1 rings (SSSR count). The first-order valence-electron chi connectivity index (χ1n) is 3.56. The van der Waals surface area contributed by atoms with Gasteiger partial charge in [0.2, 0.25) is 0 Å². The number of hydrogen-bond acceptors (Lipinski definition) is 1. The smallest absolute Gasteiger partial charge is 0.142 e. The highest BCUT2D eigenvalue weighted by Gasteiger charge is 2.10. The summed E-state index contributed by atoms with van der Waals surface area (Å²) in [5.41, 5.74) is 0.652. The van der Waals surface area contributed by atoms with Gasteiger partial charge in [-0.25, -0.2) is 4.39 Å². The number of aliphatic hydroxyl groups excluding tert-OH is 1. The molecule has 0 heterocycles. The van der Waals surface area contributed by atoms with Gasteiger partial charge in [0.25, 0.3) is 0 Å². The first-order chi connectivity index (χ1) is 5.66. The van der Waals surface area contributed by atoms with E-state index in [1.54, 1.807) is 19.1 Å². The van der Waals surface area contributed by atoms with Gasteiger partial charge in [-0.05, 0) is 12.5 Å². The molecule has 0 saturated carbocycles. The van der Waals surface area contributed by atoms with Crippen molar-refractivity contribution in [3.63, 3.8) is 0 Å². The molecule has 1 atom stereocenters. The molecular formula is C10H9FO. The zero-order valence-electron chi connectivity index (χ0n) is 6.71. The average molecular weight is 164 g/mol. The zero-order valence-corrected chi connectivity index (χ0v) is 6.71. The largest absolute Gasteiger partial charge is 0.376 e. The maximum Gasteiger partial charge on any atom is 0.142 e. The van der Waals surface area contributed by atoms with Crippen molar-refractivity contribution in [3.8, 4) is 12.3 Å². The lowest BCUT2D eigenvalue weighted by Crippen LogP contribution is -1.98. The highest BCUT2D eigenvalue weighted by Crippen LogP contribution is 2.18. The van der Waals surface area contributed by atoms with Crippen LogP contribution in [0.5, 0.6) is 0 Å². The van der Waals surface area contributed by atoms with E-state index in [2.05, 4.69) is 5.92 Å². The van der Waals surface area contributed by atoms with Crippen LogP contribution in [0.1, 0.15) is 17.2 Å². The third-order valence-corrected chi connectivity index (χ3v) is 1.67. The van der Waals surface area contributed by atoms with Gasteiger partial charge < -0.3 is 5.11 Å². The second-order valence-corrected chi connectivity index (χ2v) is 2.55. The molecule has 1 aromatic rings. The van der Waals surface area contributed by atoms with Crippen LogP contribution in [0.4, 0.5) is 4.39 Å². The second-order valence-electron chi connectivity index (χ2n) is 2.55. The van der Waals surface area contributed by atoms with Crippen LogP contribution in [-0.2, 0) is 0 Å². The van der Waals surface area contributed by atoms with Gasteiger partial charge in [0.15, 0.2) is 0 Å². The number of benzene rings is 1. The maximum absolute atomic E-state index is 13.2. The van der Waals surface area contributed by atoms with E-state index in [-0.39, 0.29) is 5.56 Å². The van der Waals surface area contributed by atoms with Gasteiger partial charge in [0, 0.05) is 5.56 Å². The van der Waals surface area contributed by atoms with Crippen LogP contribution in [0.25, 0.3) is 0 Å². The molecule has 0 aliphatic rings. The lowest BCUT2D eigenvalue weighted by Gasteiger charge is -2.06. The lowest BCUT2D eigenvalue weighted by atomic mass is 10.1. The lowest BCUT2D eigenvalue weighted by molar-refractivity contribution is 0.233. The van der Waals surface area contributed by atoms with E-state index in [1.807, 2.05) is 0 Å². The van der Waals surface area contributed by atoms with E-state index in [0.717, 1.165) is 0 Å². The first-order valence-corrected chi connectivity index (χ1v) is 3.56. The van der Waals surface area contributed by atoms with Gasteiger partial charge >= 0.3 is 0 Å². The van der Waals surface area contributed by atoms with Gasteiger partial charge in [-0.3, -0.25) is 0 Å². The molecule has 62 valence electrons. The monoisotopic (exact) mass is 164 g/mol. The average Bonchev–Trinajstić information content (AvgIpc) is 2.08. The molecule has 0 fully saturated rings. The summed E-state index contributed by atoms with van der Waals surface area (Å²) in [7, 11) is 0. The van der Waals surface area contributed by atoms with Crippen LogP contribution in [-0.4, -0.2) is 5.11 Å². The van der Waals surface area contributed by atoms with Crippen molar-refractivity contribution in [2.75, 3.05) is 0 Å². The van der Waals surface area contributed by atoms with E-state index in [0.29, 0.717) is 5.56 Å². The number of terminal acetylenes is 1. The molecule has 1 nitrogen and oxygen atoms in total. The number of hydrogen-bond donors (Lipinski definition) is 1. The summed E-state index contributed by atoms with van der Waals surface area (Å²) in [6.45, 7) is 1.63. The third-order valence-electron chi connectivity index (χ3n) is 1.67. The van der Waals surface area contributed by atoms with E-state index in [9.17, 15) is 4.39 Å². The van der Waals surface area contributed by atoms with Crippen LogP contribution in [0.3, 0.4) is 0 Å². The first kappa shape index (κ1) is 8.76. The van der Waals surface area contributed by atoms with Gasteiger partial charge in [0.1, 0.15) is 11.9 Å². The Morgan fingerprint density at radius 1 is 1.58 bits per heavy atom. The molecule has 12 heavy (non-hydrogen) atoms. The normalized spacial score (nSPS) is 12.2. The molecule has 0 spiro atoms. The Balaban J connectivity index is 3.18. The predicted octanol–water partition coefficient (Wildman–Crippen LogP) is 1.80. The number of aryl methyl sites for hydroxylation is 1. The zero-order chi connectivity index (χ0) is 9.14. The molecule has 1 unspecified atom stereocenters. The van der Waals surface area contributed by atoms with Crippen molar-refractivity contribution in [1.82, 2.24) is 0 Å². The fourth-order valence-electron chi connectivity index (χ4n) is 0.971. The van der Waals surface area contributed by atoms with E-state index < -0.39 is 11.9 Å². The minimum absolute atomic E-state index is 0.164. The van der Waals surface area contributed by atoms with Gasteiger partial charge in [0.05, 0.1) is 0 Å². The summed E-state index contributed by atoms with van der Waals surface area (Å²) in [4.78, 5) is 0.